The number of amides is 1. The molecule has 0 bridgehead atoms. The number of nitrogens with one attached hydrogen (secondary N) is 1. The number of hydrogen-bond donors (Lipinski definition) is 2. The molecule has 2 N–H and O–H groups in total. The molecule has 0 unspecified atom stereocenters. The lowest BCUT2D eigenvalue weighted by atomic mass is 10.1. The Morgan fingerprint density at radius 1 is 1.18 bits per heavy atom. The maximum absolute atomic E-state index is 13.9. The Balaban J connectivity index is 1.41. The van der Waals surface area contributed by atoms with Crippen molar-refractivity contribution < 1.29 is 24.1 Å². The van der Waals surface area contributed by atoms with Crippen LogP contribution in [0.15, 0.2) is 54.6 Å². The van der Waals surface area contributed by atoms with E-state index in [0.29, 0.717) is 32.9 Å². The van der Waals surface area contributed by atoms with Crippen LogP contribution in [0.3, 0.4) is 0 Å². The highest BCUT2D eigenvalue weighted by Crippen LogP contribution is 2.38. The number of phenolic OH excluding ortho intramolecular Hbond substituents is 1. The van der Waals surface area contributed by atoms with E-state index < -0.39 is 0 Å². The second-order valence-corrected chi connectivity index (χ2v) is 10.4. The zero-order valence-electron chi connectivity index (χ0n) is 22.9. The molecule has 1 saturated heterocycles. The van der Waals surface area contributed by atoms with Gasteiger partial charge in [-0.05, 0) is 55.4 Å². The maximum atomic E-state index is 13.9. The Hall–Kier alpha value is -4.26. The molecule has 0 radical (unpaired) electrons. The van der Waals surface area contributed by atoms with Crippen LogP contribution in [0, 0.1) is 11.3 Å². The molecular weight excluding hydrogens is 508 g/mol. The van der Waals surface area contributed by atoms with Crippen molar-refractivity contribution in [1.29, 1.82) is 5.26 Å². The van der Waals surface area contributed by atoms with Crippen LogP contribution in [0.1, 0.15) is 39.0 Å². The fraction of sp³-hybridized carbons (Fsp3) is 0.355. The molecule has 2 aliphatic heterocycles. The summed E-state index contributed by atoms with van der Waals surface area (Å²) in [6.45, 7) is 3.58. The molecule has 0 spiro atoms. The Morgan fingerprint density at radius 2 is 2.00 bits per heavy atom. The summed E-state index contributed by atoms with van der Waals surface area (Å²) in [5.74, 6) is 0.267. The Kier molecular flexibility index (Phi) is 8.39. The van der Waals surface area contributed by atoms with Gasteiger partial charge in [-0.2, -0.15) is 5.26 Å². The summed E-state index contributed by atoms with van der Waals surface area (Å²) in [6.07, 6.45) is 0.907. The molecule has 9 heteroatoms. The number of nitrogens with zero attached hydrogens (tertiary/aromatic N) is 3. The first kappa shape index (κ1) is 27.3. The fourth-order valence-electron chi connectivity index (χ4n) is 4.94. The molecule has 2 heterocycles. The van der Waals surface area contributed by atoms with Crippen LogP contribution in [0.25, 0.3) is 0 Å². The minimum absolute atomic E-state index is 0.0453. The third-order valence-electron chi connectivity index (χ3n) is 7.07. The number of carbonyl (C=O) groups excluding carboxylic acids is 1. The van der Waals surface area contributed by atoms with Gasteiger partial charge in [0.2, 0.25) is 0 Å². The highest BCUT2D eigenvalue weighted by Gasteiger charge is 2.32. The fourth-order valence-corrected chi connectivity index (χ4v) is 4.94. The highest BCUT2D eigenvalue weighted by molar-refractivity contribution is 6.00. The van der Waals surface area contributed by atoms with Crippen molar-refractivity contribution in [1.82, 2.24) is 9.80 Å². The van der Waals surface area contributed by atoms with Crippen molar-refractivity contribution >= 4 is 11.6 Å². The molecule has 1 atom stereocenters. The summed E-state index contributed by atoms with van der Waals surface area (Å²) < 4.78 is 17.6. The number of anilines is 1. The van der Waals surface area contributed by atoms with Crippen LogP contribution < -0.4 is 14.8 Å². The summed E-state index contributed by atoms with van der Waals surface area (Å²) in [4.78, 5) is 17.6. The van der Waals surface area contributed by atoms with E-state index in [1.807, 2.05) is 62.6 Å². The van der Waals surface area contributed by atoms with Gasteiger partial charge in [0.1, 0.15) is 36.0 Å². The summed E-state index contributed by atoms with van der Waals surface area (Å²) in [7, 11) is 4.00. The molecule has 0 aliphatic carbocycles. The van der Waals surface area contributed by atoms with Crippen LogP contribution in [0.5, 0.6) is 17.2 Å². The highest BCUT2D eigenvalue weighted by atomic mass is 16.5. The van der Waals surface area contributed by atoms with Crippen molar-refractivity contribution in [3.63, 3.8) is 0 Å². The van der Waals surface area contributed by atoms with Crippen molar-refractivity contribution in [2.75, 3.05) is 45.8 Å². The van der Waals surface area contributed by atoms with E-state index >= 15 is 0 Å². The Labute approximate surface area is 234 Å². The summed E-state index contributed by atoms with van der Waals surface area (Å²) in [6, 6.07) is 18.5. The standard InChI is InChI=1S/C31H34N4O5/c1-34(2)9-11-39-25-14-23-17-35(18-26(23)27(15-25)33-24-8-10-38-20-24)31(37)30-28(36)12-22(16-32)13-29(30)40-19-21-6-4-3-5-7-21/h3-7,12-15,24,33,36H,8-11,17-20H2,1-2H3/t24-/m1/s1. The first-order valence-electron chi connectivity index (χ1n) is 13.4. The van der Waals surface area contributed by atoms with E-state index in [1.165, 1.54) is 12.1 Å². The molecule has 1 fully saturated rings. The summed E-state index contributed by atoms with van der Waals surface area (Å²) in [5, 5.41) is 23.9. The van der Waals surface area contributed by atoms with Gasteiger partial charge < -0.3 is 34.4 Å². The minimum atomic E-state index is -0.369. The van der Waals surface area contributed by atoms with E-state index in [-0.39, 0.29) is 41.2 Å². The van der Waals surface area contributed by atoms with E-state index in [2.05, 4.69) is 10.2 Å². The third kappa shape index (κ3) is 6.30. The van der Waals surface area contributed by atoms with Crippen LogP contribution in [-0.2, 0) is 24.4 Å². The van der Waals surface area contributed by atoms with Crippen molar-refractivity contribution in [3.05, 3.63) is 82.4 Å². The topological polar surface area (TPSA) is 107 Å². The number of carbonyl (C=O) groups is 1. The van der Waals surface area contributed by atoms with Crippen molar-refractivity contribution in [2.45, 2.75) is 32.2 Å². The first-order chi connectivity index (χ1) is 19.4. The summed E-state index contributed by atoms with van der Waals surface area (Å²) >= 11 is 0. The average molecular weight is 543 g/mol. The molecule has 9 nitrogen and oxygen atoms in total. The van der Waals surface area contributed by atoms with E-state index in [4.69, 9.17) is 14.2 Å². The summed E-state index contributed by atoms with van der Waals surface area (Å²) in [5.41, 5.74) is 4.09. The van der Waals surface area contributed by atoms with Crippen molar-refractivity contribution in [2.24, 2.45) is 0 Å². The molecule has 3 aromatic carbocycles. The van der Waals surface area contributed by atoms with Gasteiger partial charge in [0.05, 0.1) is 24.3 Å². The number of likely N-dealkylation sites (N-methyl/N-ethyl adjacent to an activating group) is 1. The number of aromatic hydroxyl groups is 1. The molecule has 3 aromatic rings. The number of hydrogen-bond acceptors (Lipinski definition) is 8. The second kappa shape index (κ2) is 12.3. The molecule has 0 aromatic heterocycles. The Morgan fingerprint density at radius 3 is 2.73 bits per heavy atom. The largest absolute Gasteiger partial charge is 0.507 e. The molecule has 2 aliphatic rings. The van der Waals surface area contributed by atoms with E-state index in [1.54, 1.807) is 4.90 Å². The van der Waals surface area contributed by atoms with Gasteiger partial charge in [-0.25, -0.2) is 0 Å². The maximum Gasteiger partial charge on any atom is 0.262 e. The number of benzene rings is 3. The molecule has 0 saturated carbocycles. The van der Waals surface area contributed by atoms with Crippen molar-refractivity contribution in [3.8, 4) is 23.3 Å². The van der Waals surface area contributed by atoms with Crippen LogP contribution >= 0.6 is 0 Å². The van der Waals surface area contributed by atoms with Crippen LogP contribution in [-0.4, -0.2) is 67.3 Å². The molecule has 208 valence electrons. The van der Waals surface area contributed by atoms with E-state index in [9.17, 15) is 15.2 Å². The quantitative estimate of drug-likeness (QED) is 0.394. The second-order valence-electron chi connectivity index (χ2n) is 10.4. The number of fused-ring (bicyclic) bond motifs is 1. The SMILES string of the molecule is CN(C)CCOc1cc2c(c(N[C@@H]3CCOC3)c1)CN(C(=O)c1c(O)cc(C#N)cc1OCc1ccccc1)C2. The molecule has 5 rings (SSSR count). The van der Waals surface area contributed by atoms with Gasteiger partial charge in [0.15, 0.2) is 0 Å². The van der Waals surface area contributed by atoms with Crippen LogP contribution in [0.4, 0.5) is 5.69 Å². The van der Waals surface area contributed by atoms with Gasteiger partial charge in [-0.15, -0.1) is 0 Å². The average Bonchev–Trinajstić information content (AvgIpc) is 3.62. The lowest BCUT2D eigenvalue weighted by molar-refractivity contribution is 0.0743. The predicted octanol–water partition coefficient (Wildman–Crippen LogP) is 4.14. The molecule has 1 amide bonds. The number of ether oxygens (including phenoxy) is 3. The zero-order valence-corrected chi connectivity index (χ0v) is 22.9. The molecule has 40 heavy (non-hydrogen) atoms. The minimum Gasteiger partial charge on any atom is -0.507 e. The zero-order chi connectivity index (χ0) is 28.1. The smallest absolute Gasteiger partial charge is 0.262 e. The number of nitriles is 1. The van der Waals surface area contributed by atoms with Gasteiger partial charge in [0, 0.05) is 38.0 Å². The lowest BCUT2D eigenvalue weighted by Crippen LogP contribution is -2.26. The van der Waals surface area contributed by atoms with Gasteiger partial charge >= 0.3 is 0 Å². The third-order valence-corrected chi connectivity index (χ3v) is 7.07. The number of rotatable bonds is 10. The van der Waals surface area contributed by atoms with E-state index in [0.717, 1.165) is 41.1 Å². The Bertz CT molecular complexity index is 1400. The predicted molar refractivity (Wildman–Crippen MR) is 151 cm³/mol. The van der Waals surface area contributed by atoms with Gasteiger partial charge in [-0.1, -0.05) is 30.3 Å². The monoisotopic (exact) mass is 542 g/mol. The first-order valence-corrected chi connectivity index (χ1v) is 13.4. The lowest BCUT2D eigenvalue weighted by Gasteiger charge is -2.20. The van der Waals surface area contributed by atoms with Crippen LogP contribution in [0.2, 0.25) is 0 Å². The van der Waals surface area contributed by atoms with Gasteiger partial charge in [0.25, 0.3) is 5.91 Å². The van der Waals surface area contributed by atoms with Gasteiger partial charge in [-0.3, -0.25) is 4.79 Å². The molecular formula is C31H34N4O5. The normalized spacial score (nSPS) is 16.1. The number of phenols is 1.